The number of fused-ring (bicyclic) bond motifs is 2. The van der Waals surface area contributed by atoms with E-state index in [0.717, 1.165) is 16.3 Å². The molecule has 5 nitrogen and oxygen atoms in total. The van der Waals surface area contributed by atoms with Crippen molar-refractivity contribution in [1.29, 1.82) is 0 Å². The fraction of sp³-hybridized carbons (Fsp3) is 0.115. The Morgan fingerprint density at radius 2 is 1.71 bits per heavy atom. The average Bonchev–Trinajstić information content (AvgIpc) is 2.81. The van der Waals surface area contributed by atoms with Gasteiger partial charge in [-0.1, -0.05) is 61.5 Å². The molecule has 0 unspecified atom stereocenters. The summed E-state index contributed by atoms with van der Waals surface area (Å²) in [7, 11) is -3.98. The van der Waals surface area contributed by atoms with E-state index < -0.39 is 27.6 Å². The van der Waals surface area contributed by atoms with Gasteiger partial charge < -0.3 is 5.32 Å². The molecular formula is C26H21F2N3O2S. The summed E-state index contributed by atoms with van der Waals surface area (Å²) >= 11 is 0. The van der Waals surface area contributed by atoms with Crippen molar-refractivity contribution in [3.8, 4) is 0 Å². The molecular weight excluding hydrogens is 456 g/mol. The number of hydrogen-bond donors (Lipinski definition) is 2. The van der Waals surface area contributed by atoms with Crippen LogP contribution < -0.4 is 10.0 Å². The molecule has 2 N–H and O–H groups in total. The minimum absolute atomic E-state index is 0.0445. The van der Waals surface area contributed by atoms with Crippen molar-refractivity contribution in [1.82, 2.24) is 4.72 Å². The van der Waals surface area contributed by atoms with E-state index >= 15 is 4.39 Å². The van der Waals surface area contributed by atoms with E-state index in [1.54, 1.807) is 12.1 Å². The number of benzene rings is 4. The Labute approximate surface area is 196 Å². The molecule has 0 spiro atoms. The van der Waals surface area contributed by atoms with Crippen molar-refractivity contribution in [2.45, 2.75) is 24.3 Å². The van der Waals surface area contributed by atoms with Crippen LogP contribution in [-0.2, 0) is 16.6 Å². The van der Waals surface area contributed by atoms with Crippen LogP contribution in [0, 0.1) is 11.6 Å². The smallest absolute Gasteiger partial charge is 0.266 e. The number of anilines is 1. The van der Waals surface area contributed by atoms with E-state index in [0.29, 0.717) is 5.56 Å². The van der Waals surface area contributed by atoms with Gasteiger partial charge in [-0.3, -0.25) is 0 Å². The maximum absolute atomic E-state index is 15.2. The summed E-state index contributed by atoms with van der Waals surface area (Å²) < 4.78 is 56.9. The molecule has 4 aromatic rings. The first-order valence-electron chi connectivity index (χ1n) is 10.7. The fourth-order valence-corrected chi connectivity index (χ4v) is 5.35. The topological polar surface area (TPSA) is 70.6 Å². The summed E-state index contributed by atoms with van der Waals surface area (Å²) in [6.45, 7) is 1.88. The molecule has 0 aromatic heterocycles. The van der Waals surface area contributed by atoms with Crippen LogP contribution in [0.4, 0.5) is 14.5 Å². The highest BCUT2D eigenvalue weighted by Gasteiger charge is 2.32. The van der Waals surface area contributed by atoms with Gasteiger partial charge in [0.1, 0.15) is 16.5 Å². The molecule has 1 atom stereocenters. The van der Waals surface area contributed by atoms with Gasteiger partial charge in [0.05, 0.1) is 12.2 Å². The van der Waals surface area contributed by atoms with Gasteiger partial charge in [-0.25, -0.2) is 26.9 Å². The summed E-state index contributed by atoms with van der Waals surface area (Å²) in [5.41, 5.74) is 1.80. The van der Waals surface area contributed by atoms with Crippen LogP contribution in [0.15, 0.2) is 88.8 Å². The molecule has 5 rings (SSSR count). The van der Waals surface area contributed by atoms with Crippen molar-refractivity contribution >= 4 is 32.4 Å². The van der Waals surface area contributed by atoms with E-state index in [4.69, 9.17) is 0 Å². The van der Waals surface area contributed by atoms with Crippen molar-refractivity contribution in [3.05, 3.63) is 107 Å². The summed E-state index contributed by atoms with van der Waals surface area (Å²) in [5, 5.41) is 5.03. The zero-order valence-electron chi connectivity index (χ0n) is 18.2. The summed E-state index contributed by atoms with van der Waals surface area (Å²) in [5.74, 6) is -1.42. The van der Waals surface area contributed by atoms with Gasteiger partial charge in [-0.05, 0) is 46.2 Å². The molecule has 1 heterocycles. The lowest BCUT2D eigenvalue weighted by Crippen LogP contribution is -2.41. The molecule has 0 saturated carbocycles. The molecule has 1 aliphatic heterocycles. The first-order chi connectivity index (χ1) is 16.3. The number of rotatable bonds is 4. The van der Waals surface area contributed by atoms with E-state index in [1.807, 2.05) is 49.4 Å². The predicted octanol–water partition coefficient (Wildman–Crippen LogP) is 5.53. The first kappa shape index (κ1) is 22.0. The third kappa shape index (κ3) is 4.12. The van der Waals surface area contributed by atoms with E-state index in [1.165, 1.54) is 24.3 Å². The lowest BCUT2D eigenvalue weighted by atomic mass is 9.90. The molecule has 1 aliphatic rings. The summed E-state index contributed by atoms with van der Waals surface area (Å²) in [6, 6.07) is 22.0. The van der Waals surface area contributed by atoms with Crippen LogP contribution in [0.25, 0.3) is 10.8 Å². The Bertz CT molecular complexity index is 1550. The minimum atomic E-state index is -3.98. The van der Waals surface area contributed by atoms with Crippen molar-refractivity contribution in [3.63, 3.8) is 0 Å². The number of sulfonamides is 1. The lowest BCUT2D eigenvalue weighted by Gasteiger charge is -2.26. The first-order valence-corrected chi connectivity index (χ1v) is 12.2. The van der Waals surface area contributed by atoms with Crippen LogP contribution in [-0.4, -0.2) is 14.4 Å². The number of aliphatic imine (C=N–C) groups is 1. The number of halogens is 2. The number of nitrogens with one attached hydrogen (secondary N) is 2. The average molecular weight is 478 g/mol. The van der Waals surface area contributed by atoms with E-state index in [9.17, 15) is 12.8 Å². The molecule has 0 radical (unpaired) electrons. The second kappa shape index (κ2) is 8.53. The third-order valence-corrected chi connectivity index (χ3v) is 7.31. The molecule has 0 aliphatic carbocycles. The summed E-state index contributed by atoms with van der Waals surface area (Å²) in [6.07, 6.45) is 0. The third-order valence-electron chi connectivity index (χ3n) is 5.93. The summed E-state index contributed by atoms with van der Waals surface area (Å²) in [4.78, 5) is 4.20. The van der Waals surface area contributed by atoms with E-state index in [2.05, 4.69) is 15.0 Å². The SMILES string of the molecule is C[C@@H](c1ccc2ccccc2c1)c1c(F)ccc2c1NC(=NCc1cccc(F)c1)NS2(=O)=O. The molecule has 0 amide bonds. The highest BCUT2D eigenvalue weighted by molar-refractivity contribution is 7.90. The van der Waals surface area contributed by atoms with Crippen LogP contribution in [0.1, 0.15) is 29.5 Å². The zero-order chi connectivity index (χ0) is 23.9. The largest absolute Gasteiger partial charge is 0.324 e. The van der Waals surface area contributed by atoms with Crippen LogP contribution in [0.3, 0.4) is 0 Å². The lowest BCUT2D eigenvalue weighted by molar-refractivity contribution is 0.586. The van der Waals surface area contributed by atoms with Gasteiger partial charge in [-0.2, -0.15) is 0 Å². The standard InChI is InChI=1S/C26H21F2N3O2S/c1-16(19-10-9-18-6-2-3-7-20(18)14-19)24-22(28)11-12-23-25(24)30-26(31-34(23,32)33)29-15-17-5-4-8-21(27)13-17/h2-14,16H,15H2,1H3,(H2,29,30,31)/t16-/m0/s1. The molecule has 0 fully saturated rings. The van der Waals surface area contributed by atoms with E-state index in [-0.39, 0.29) is 28.7 Å². The van der Waals surface area contributed by atoms with Gasteiger partial charge in [-0.15, -0.1) is 0 Å². The fourth-order valence-electron chi connectivity index (χ4n) is 4.20. The number of hydrogen-bond acceptors (Lipinski definition) is 3. The predicted molar refractivity (Wildman–Crippen MR) is 129 cm³/mol. The van der Waals surface area contributed by atoms with Gasteiger partial charge >= 0.3 is 0 Å². The Morgan fingerprint density at radius 1 is 0.912 bits per heavy atom. The van der Waals surface area contributed by atoms with Crippen molar-refractivity contribution < 1.29 is 17.2 Å². The van der Waals surface area contributed by atoms with Crippen LogP contribution >= 0.6 is 0 Å². The Morgan fingerprint density at radius 3 is 2.50 bits per heavy atom. The molecule has 34 heavy (non-hydrogen) atoms. The zero-order valence-corrected chi connectivity index (χ0v) is 19.0. The maximum atomic E-state index is 15.2. The Balaban J connectivity index is 1.56. The normalized spacial score (nSPS) is 16.5. The van der Waals surface area contributed by atoms with Crippen LogP contribution in [0.2, 0.25) is 0 Å². The Kier molecular flexibility index (Phi) is 5.53. The molecule has 8 heteroatoms. The maximum Gasteiger partial charge on any atom is 0.266 e. The minimum Gasteiger partial charge on any atom is -0.324 e. The molecule has 0 bridgehead atoms. The monoisotopic (exact) mass is 477 g/mol. The molecule has 0 saturated heterocycles. The van der Waals surface area contributed by atoms with Crippen molar-refractivity contribution in [2.75, 3.05) is 5.32 Å². The Hall–Kier alpha value is -3.78. The molecule has 4 aromatic carbocycles. The highest BCUT2D eigenvalue weighted by Crippen LogP contribution is 2.38. The second-order valence-electron chi connectivity index (χ2n) is 8.19. The van der Waals surface area contributed by atoms with Gasteiger partial charge in [0.2, 0.25) is 5.96 Å². The van der Waals surface area contributed by atoms with Crippen LogP contribution in [0.5, 0.6) is 0 Å². The quantitative estimate of drug-likeness (QED) is 0.406. The number of guanidine groups is 1. The highest BCUT2D eigenvalue weighted by atomic mass is 32.2. The number of nitrogens with zero attached hydrogens (tertiary/aromatic N) is 1. The van der Waals surface area contributed by atoms with Gasteiger partial charge in [0.25, 0.3) is 10.0 Å². The van der Waals surface area contributed by atoms with Gasteiger partial charge in [0.15, 0.2) is 0 Å². The van der Waals surface area contributed by atoms with Gasteiger partial charge in [0, 0.05) is 11.5 Å². The molecule has 172 valence electrons. The van der Waals surface area contributed by atoms with Crippen molar-refractivity contribution in [2.24, 2.45) is 4.99 Å². The second-order valence-corrected chi connectivity index (χ2v) is 9.84.